The average molecular weight is 311 g/mol. The third-order valence-corrected chi connectivity index (χ3v) is 3.64. The number of carboxylic acids is 2. The van der Waals surface area contributed by atoms with E-state index in [4.69, 9.17) is 10.2 Å². The van der Waals surface area contributed by atoms with Gasteiger partial charge in [-0.05, 0) is 19.1 Å². The number of carbonyl (C=O) groups is 3. The third-order valence-electron chi connectivity index (χ3n) is 2.63. The summed E-state index contributed by atoms with van der Waals surface area (Å²) in [5, 5.41) is 19.6. The summed E-state index contributed by atoms with van der Waals surface area (Å²) >= 11 is 1.48. The number of carbonyl (C=O) groups excluding carboxylic acids is 1. The van der Waals surface area contributed by atoms with E-state index in [1.807, 2.05) is 31.2 Å². The van der Waals surface area contributed by atoms with Gasteiger partial charge >= 0.3 is 11.9 Å². The number of aryl methyl sites for hydroxylation is 1. The van der Waals surface area contributed by atoms with Crippen molar-refractivity contribution < 1.29 is 24.6 Å². The van der Waals surface area contributed by atoms with E-state index in [2.05, 4.69) is 5.32 Å². The van der Waals surface area contributed by atoms with Crippen LogP contribution in [-0.2, 0) is 14.4 Å². The number of rotatable bonds is 8. The molecule has 0 saturated carbocycles. The van der Waals surface area contributed by atoms with Gasteiger partial charge in [0.05, 0.1) is 6.42 Å². The molecule has 0 bridgehead atoms. The highest BCUT2D eigenvalue weighted by atomic mass is 32.2. The molecule has 0 aliphatic rings. The van der Waals surface area contributed by atoms with Crippen LogP contribution in [-0.4, -0.2) is 39.9 Å². The Kier molecular flexibility index (Phi) is 6.74. The summed E-state index contributed by atoms with van der Waals surface area (Å²) < 4.78 is 0. The summed E-state index contributed by atoms with van der Waals surface area (Å²) in [5.41, 5.74) is 1.15. The summed E-state index contributed by atoms with van der Waals surface area (Å²) in [6, 6.07) is 6.44. The molecule has 114 valence electrons. The summed E-state index contributed by atoms with van der Waals surface area (Å²) in [6.07, 6.45) is -0.506. The standard InChI is InChI=1S/C14H17NO5S/c1-9-2-4-10(5-3-9)21-7-6-12(16)15-11(14(19)20)8-13(17)18/h2-5,11H,6-8H2,1H3,(H,15,16)(H,17,18)(H,19,20). The zero-order valence-electron chi connectivity index (χ0n) is 11.5. The lowest BCUT2D eigenvalue weighted by Gasteiger charge is -2.12. The van der Waals surface area contributed by atoms with E-state index in [0.717, 1.165) is 10.5 Å². The van der Waals surface area contributed by atoms with Gasteiger partial charge < -0.3 is 15.5 Å². The fraction of sp³-hybridized carbons (Fsp3) is 0.357. The van der Waals surface area contributed by atoms with Crippen molar-refractivity contribution in [3.05, 3.63) is 29.8 Å². The number of nitrogens with one attached hydrogen (secondary N) is 1. The number of aliphatic carboxylic acids is 2. The number of hydrogen-bond acceptors (Lipinski definition) is 4. The summed E-state index contributed by atoms with van der Waals surface area (Å²) in [4.78, 5) is 33.9. The summed E-state index contributed by atoms with van der Waals surface area (Å²) in [6.45, 7) is 1.98. The molecule has 0 aliphatic heterocycles. The number of carboxylic acid groups (broad SMARTS) is 2. The van der Waals surface area contributed by atoms with Gasteiger partial charge in [0, 0.05) is 17.1 Å². The van der Waals surface area contributed by atoms with Gasteiger partial charge in [-0.25, -0.2) is 4.79 Å². The van der Waals surface area contributed by atoms with Gasteiger partial charge in [-0.2, -0.15) is 0 Å². The quantitative estimate of drug-likeness (QED) is 0.629. The van der Waals surface area contributed by atoms with Gasteiger partial charge in [-0.15, -0.1) is 11.8 Å². The molecule has 0 spiro atoms. The lowest BCUT2D eigenvalue weighted by molar-refractivity contribution is -0.147. The molecule has 1 aromatic carbocycles. The fourth-order valence-corrected chi connectivity index (χ4v) is 2.39. The Bertz CT molecular complexity index is 515. The number of thioether (sulfide) groups is 1. The molecule has 0 aromatic heterocycles. The predicted molar refractivity (Wildman–Crippen MR) is 78.3 cm³/mol. The van der Waals surface area contributed by atoms with E-state index in [-0.39, 0.29) is 6.42 Å². The van der Waals surface area contributed by atoms with E-state index >= 15 is 0 Å². The van der Waals surface area contributed by atoms with E-state index in [9.17, 15) is 14.4 Å². The Labute approximate surface area is 126 Å². The molecule has 1 aromatic rings. The second-order valence-electron chi connectivity index (χ2n) is 4.47. The Balaban J connectivity index is 2.37. The van der Waals surface area contributed by atoms with Crippen LogP contribution in [0.1, 0.15) is 18.4 Å². The van der Waals surface area contributed by atoms with E-state index in [1.165, 1.54) is 11.8 Å². The number of hydrogen-bond donors (Lipinski definition) is 3. The maximum absolute atomic E-state index is 11.6. The van der Waals surface area contributed by atoms with Crippen LogP contribution in [0.15, 0.2) is 29.2 Å². The maximum Gasteiger partial charge on any atom is 0.326 e. The molecule has 7 heteroatoms. The average Bonchev–Trinajstić information content (AvgIpc) is 2.39. The number of amides is 1. The first-order valence-electron chi connectivity index (χ1n) is 6.32. The van der Waals surface area contributed by atoms with Crippen molar-refractivity contribution in [1.29, 1.82) is 0 Å². The van der Waals surface area contributed by atoms with Crippen molar-refractivity contribution >= 4 is 29.6 Å². The van der Waals surface area contributed by atoms with Gasteiger partial charge in [-0.1, -0.05) is 17.7 Å². The molecule has 3 N–H and O–H groups in total. The van der Waals surface area contributed by atoms with Crippen molar-refractivity contribution in [2.75, 3.05) is 5.75 Å². The second kappa shape index (κ2) is 8.31. The van der Waals surface area contributed by atoms with E-state index in [0.29, 0.717) is 5.75 Å². The highest BCUT2D eigenvalue weighted by molar-refractivity contribution is 7.99. The number of benzene rings is 1. The Morgan fingerprint density at radius 2 is 1.81 bits per heavy atom. The van der Waals surface area contributed by atoms with E-state index < -0.39 is 30.3 Å². The van der Waals surface area contributed by atoms with Crippen LogP contribution < -0.4 is 5.32 Å². The Morgan fingerprint density at radius 1 is 1.19 bits per heavy atom. The first kappa shape index (κ1) is 17.0. The van der Waals surface area contributed by atoms with Gasteiger partial charge in [0.25, 0.3) is 0 Å². The van der Waals surface area contributed by atoms with Crippen LogP contribution >= 0.6 is 11.8 Å². The van der Waals surface area contributed by atoms with Gasteiger partial charge in [0.15, 0.2) is 0 Å². The second-order valence-corrected chi connectivity index (χ2v) is 5.64. The first-order valence-corrected chi connectivity index (χ1v) is 7.30. The highest BCUT2D eigenvalue weighted by Gasteiger charge is 2.22. The van der Waals surface area contributed by atoms with Crippen molar-refractivity contribution in [3.8, 4) is 0 Å². The van der Waals surface area contributed by atoms with Gasteiger partial charge in [0.2, 0.25) is 5.91 Å². The van der Waals surface area contributed by atoms with E-state index in [1.54, 1.807) is 0 Å². The highest BCUT2D eigenvalue weighted by Crippen LogP contribution is 2.18. The molecule has 21 heavy (non-hydrogen) atoms. The molecular weight excluding hydrogens is 294 g/mol. The summed E-state index contributed by atoms with van der Waals surface area (Å²) in [7, 11) is 0. The molecule has 1 unspecified atom stereocenters. The topological polar surface area (TPSA) is 104 Å². The minimum Gasteiger partial charge on any atom is -0.481 e. The zero-order chi connectivity index (χ0) is 15.8. The lowest BCUT2D eigenvalue weighted by atomic mass is 10.2. The summed E-state index contributed by atoms with van der Waals surface area (Å²) in [5.74, 6) is -2.59. The van der Waals surface area contributed by atoms with Crippen LogP contribution in [0.2, 0.25) is 0 Å². The largest absolute Gasteiger partial charge is 0.481 e. The Hall–Kier alpha value is -2.02. The van der Waals surface area contributed by atoms with Crippen molar-refractivity contribution in [1.82, 2.24) is 5.32 Å². The minimum absolute atomic E-state index is 0.127. The molecule has 1 amide bonds. The van der Waals surface area contributed by atoms with Crippen molar-refractivity contribution in [2.45, 2.75) is 30.7 Å². The normalized spacial score (nSPS) is 11.7. The third kappa shape index (κ3) is 6.80. The molecular formula is C14H17NO5S. The van der Waals surface area contributed by atoms with Crippen molar-refractivity contribution in [2.24, 2.45) is 0 Å². The molecule has 6 nitrogen and oxygen atoms in total. The molecule has 0 fully saturated rings. The monoisotopic (exact) mass is 311 g/mol. The zero-order valence-corrected chi connectivity index (χ0v) is 12.4. The minimum atomic E-state index is -1.39. The first-order chi connectivity index (χ1) is 9.88. The van der Waals surface area contributed by atoms with Crippen LogP contribution in [0.5, 0.6) is 0 Å². The molecule has 0 saturated heterocycles. The molecule has 0 aliphatic carbocycles. The van der Waals surface area contributed by atoms with Crippen LogP contribution in [0.3, 0.4) is 0 Å². The van der Waals surface area contributed by atoms with Crippen LogP contribution in [0, 0.1) is 6.92 Å². The maximum atomic E-state index is 11.6. The smallest absolute Gasteiger partial charge is 0.326 e. The van der Waals surface area contributed by atoms with Crippen LogP contribution in [0.4, 0.5) is 0 Å². The fourth-order valence-electron chi connectivity index (χ4n) is 1.54. The van der Waals surface area contributed by atoms with Crippen molar-refractivity contribution in [3.63, 3.8) is 0 Å². The molecule has 1 rings (SSSR count). The molecule has 0 radical (unpaired) electrons. The lowest BCUT2D eigenvalue weighted by Crippen LogP contribution is -2.42. The predicted octanol–water partition coefficient (Wildman–Crippen LogP) is 1.52. The molecule has 0 heterocycles. The SMILES string of the molecule is Cc1ccc(SCCC(=O)NC(CC(=O)O)C(=O)O)cc1. The van der Waals surface area contributed by atoms with Gasteiger partial charge in [0.1, 0.15) is 6.04 Å². The Morgan fingerprint density at radius 3 is 2.33 bits per heavy atom. The van der Waals surface area contributed by atoms with Gasteiger partial charge in [-0.3, -0.25) is 9.59 Å². The van der Waals surface area contributed by atoms with Crippen LogP contribution in [0.25, 0.3) is 0 Å². The molecule has 1 atom stereocenters.